The zero-order valence-electron chi connectivity index (χ0n) is 10.5. The summed E-state index contributed by atoms with van der Waals surface area (Å²) in [6.07, 6.45) is 4.09. The fourth-order valence-corrected chi connectivity index (χ4v) is 2.32. The number of aromatic nitrogens is 1. The molecular formula is C13H20N2O2. The summed E-state index contributed by atoms with van der Waals surface area (Å²) in [6.45, 7) is 2.98. The lowest BCUT2D eigenvalue weighted by molar-refractivity contribution is 0.0744. The first-order valence-corrected chi connectivity index (χ1v) is 6.07. The molecule has 1 aliphatic heterocycles. The van der Waals surface area contributed by atoms with Gasteiger partial charge in [-0.2, -0.15) is 0 Å². The minimum absolute atomic E-state index is 0.185. The third-order valence-corrected chi connectivity index (χ3v) is 3.43. The van der Waals surface area contributed by atoms with Gasteiger partial charge in [0, 0.05) is 19.3 Å². The Kier molecular flexibility index (Phi) is 3.97. The molecule has 0 saturated carbocycles. The van der Waals surface area contributed by atoms with Crippen molar-refractivity contribution in [3.8, 4) is 0 Å². The molecule has 0 amide bonds. The first-order valence-electron chi connectivity index (χ1n) is 6.07. The normalized spacial score (nSPS) is 25.0. The molecule has 2 rings (SSSR count). The highest BCUT2D eigenvalue weighted by molar-refractivity contribution is 5.46. The lowest BCUT2D eigenvalue weighted by Crippen LogP contribution is -2.48. The maximum Gasteiger partial charge on any atom is 0.0747 e. The molecule has 1 saturated heterocycles. The van der Waals surface area contributed by atoms with E-state index in [0.717, 1.165) is 30.8 Å². The second-order valence-corrected chi connectivity index (χ2v) is 4.58. The predicted octanol–water partition coefficient (Wildman–Crippen LogP) is 1.37. The maximum atomic E-state index is 9.43. The molecule has 4 heteroatoms. The van der Waals surface area contributed by atoms with Crippen molar-refractivity contribution in [1.82, 2.24) is 4.98 Å². The molecule has 2 atom stereocenters. The molecule has 1 aromatic rings. The molecule has 2 unspecified atom stereocenters. The number of pyridine rings is 1. The second kappa shape index (κ2) is 5.47. The molecule has 94 valence electrons. The molecule has 1 N–H and O–H groups in total. The van der Waals surface area contributed by atoms with Crippen LogP contribution < -0.4 is 4.90 Å². The molecule has 1 fully saturated rings. The van der Waals surface area contributed by atoms with E-state index in [9.17, 15) is 5.11 Å². The summed E-state index contributed by atoms with van der Waals surface area (Å²) in [6, 6.07) is 4.24. The van der Waals surface area contributed by atoms with Gasteiger partial charge >= 0.3 is 0 Å². The average molecular weight is 236 g/mol. The number of methoxy groups -OCH3 is 1. The molecule has 0 bridgehead atoms. The zero-order chi connectivity index (χ0) is 12.3. The third kappa shape index (κ3) is 2.76. The fourth-order valence-electron chi connectivity index (χ4n) is 2.32. The first-order chi connectivity index (χ1) is 8.24. The number of ether oxygens (including phenoxy) is 1. The minimum Gasteiger partial charge on any atom is -0.394 e. The molecule has 17 heavy (non-hydrogen) atoms. The number of hydrogen-bond acceptors (Lipinski definition) is 4. The van der Waals surface area contributed by atoms with E-state index < -0.39 is 0 Å². The van der Waals surface area contributed by atoms with Gasteiger partial charge in [0.25, 0.3) is 0 Å². The Bertz CT molecular complexity index is 353. The number of anilines is 1. The highest BCUT2D eigenvalue weighted by Gasteiger charge is 2.27. The van der Waals surface area contributed by atoms with Crippen molar-refractivity contribution >= 4 is 5.69 Å². The second-order valence-electron chi connectivity index (χ2n) is 4.58. The highest BCUT2D eigenvalue weighted by Crippen LogP contribution is 2.25. The lowest BCUT2D eigenvalue weighted by Gasteiger charge is -2.39. The number of hydrogen-bond donors (Lipinski definition) is 1. The summed E-state index contributed by atoms with van der Waals surface area (Å²) in [5.74, 6) is 0. The van der Waals surface area contributed by atoms with Crippen molar-refractivity contribution < 1.29 is 9.84 Å². The van der Waals surface area contributed by atoms with Gasteiger partial charge in [-0.25, -0.2) is 0 Å². The number of rotatable bonds is 3. The van der Waals surface area contributed by atoms with E-state index in [-0.39, 0.29) is 18.8 Å². The van der Waals surface area contributed by atoms with Gasteiger partial charge in [-0.05, 0) is 31.9 Å². The van der Waals surface area contributed by atoms with Gasteiger partial charge in [0.1, 0.15) is 0 Å². The predicted molar refractivity (Wildman–Crippen MR) is 67.2 cm³/mol. The Labute approximate surface area is 102 Å². The van der Waals surface area contributed by atoms with Crippen LogP contribution in [0.15, 0.2) is 18.3 Å². The number of aryl methyl sites for hydroxylation is 1. The number of piperidine rings is 1. The van der Waals surface area contributed by atoms with Crippen molar-refractivity contribution in [2.24, 2.45) is 0 Å². The van der Waals surface area contributed by atoms with Gasteiger partial charge in [-0.3, -0.25) is 4.98 Å². The average Bonchev–Trinajstić information content (AvgIpc) is 2.39. The van der Waals surface area contributed by atoms with Crippen LogP contribution in [0.4, 0.5) is 5.69 Å². The summed E-state index contributed by atoms with van der Waals surface area (Å²) < 4.78 is 5.42. The topological polar surface area (TPSA) is 45.6 Å². The zero-order valence-corrected chi connectivity index (χ0v) is 10.5. The Balaban J connectivity index is 2.17. The molecule has 0 aliphatic carbocycles. The van der Waals surface area contributed by atoms with Crippen molar-refractivity contribution in [1.29, 1.82) is 0 Å². The standard InChI is InChI=1S/C13H20N2O2/c1-10-3-4-11(7-14-10)15-8-13(17-2)6-5-12(15)9-16/h3-4,7,12-13,16H,5-6,8-9H2,1-2H3. The SMILES string of the molecule is COC1CCC(CO)N(c2ccc(C)nc2)C1. The molecule has 1 aromatic heterocycles. The van der Waals surface area contributed by atoms with Crippen molar-refractivity contribution in [2.45, 2.75) is 31.9 Å². The molecular weight excluding hydrogens is 216 g/mol. The summed E-state index contributed by atoms with van der Waals surface area (Å²) >= 11 is 0. The quantitative estimate of drug-likeness (QED) is 0.861. The highest BCUT2D eigenvalue weighted by atomic mass is 16.5. The van der Waals surface area contributed by atoms with Crippen LogP contribution in [0.5, 0.6) is 0 Å². The molecule has 2 heterocycles. The summed E-state index contributed by atoms with van der Waals surface area (Å²) in [5, 5.41) is 9.43. The monoisotopic (exact) mass is 236 g/mol. The van der Waals surface area contributed by atoms with Crippen molar-refractivity contribution in [3.05, 3.63) is 24.0 Å². The smallest absolute Gasteiger partial charge is 0.0747 e. The molecule has 4 nitrogen and oxygen atoms in total. The van der Waals surface area contributed by atoms with Crippen LogP contribution in [0.2, 0.25) is 0 Å². The Morgan fingerprint density at radius 1 is 1.47 bits per heavy atom. The van der Waals surface area contributed by atoms with Gasteiger partial charge in [-0.1, -0.05) is 0 Å². The van der Waals surface area contributed by atoms with Crippen LogP contribution >= 0.6 is 0 Å². The summed E-state index contributed by atoms with van der Waals surface area (Å²) in [5.41, 5.74) is 2.07. The number of aliphatic hydroxyl groups is 1. The molecule has 0 aromatic carbocycles. The van der Waals surface area contributed by atoms with Gasteiger partial charge in [0.2, 0.25) is 0 Å². The Morgan fingerprint density at radius 2 is 2.29 bits per heavy atom. The lowest BCUT2D eigenvalue weighted by atomic mass is 10.00. The van der Waals surface area contributed by atoms with E-state index in [4.69, 9.17) is 4.74 Å². The van der Waals surface area contributed by atoms with E-state index in [2.05, 4.69) is 16.0 Å². The van der Waals surface area contributed by atoms with Crippen LogP contribution in [0.3, 0.4) is 0 Å². The number of aliphatic hydroxyl groups excluding tert-OH is 1. The van der Waals surface area contributed by atoms with Crippen LogP contribution in [0.1, 0.15) is 18.5 Å². The van der Waals surface area contributed by atoms with E-state index in [1.807, 2.05) is 19.2 Å². The summed E-state index contributed by atoms with van der Waals surface area (Å²) in [7, 11) is 1.75. The molecule has 0 spiro atoms. The van der Waals surface area contributed by atoms with Gasteiger partial charge in [-0.15, -0.1) is 0 Å². The summed E-state index contributed by atoms with van der Waals surface area (Å²) in [4.78, 5) is 6.51. The minimum atomic E-state index is 0.185. The van der Waals surface area contributed by atoms with Crippen LogP contribution in [0, 0.1) is 6.92 Å². The van der Waals surface area contributed by atoms with E-state index in [1.54, 1.807) is 7.11 Å². The number of nitrogens with zero attached hydrogens (tertiary/aromatic N) is 2. The van der Waals surface area contributed by atoms with Gasteiger partial charge < -0.3 is 14.7 Å². The van der Waals surface area contributed by atoms with Crippen LogP contribution in [-0.4, -0.2) is 42.5 Å². The largest absolute Gasteiger partial charge is 0.394 e. The van der Waals surface area contributed by atoms with E-state index in [1.165, 1.54) is 0 Å². The van der Waals surface area contributed by atoms with E-state index >= 15 is 0 Å². The maximum absolute atomic E-state index is 9.43. The fraction of sp³-hybridized carbons (Fsp3) is 0.615. The first kappa shape index (κ1) is 12.3. The Hall–Kier alpha value is -1.13. The van der Waals surface area contributed by atoms with E-state index in [0.29, 0.717) is 0 Å². The molecule has 1 aliphatic rings. The third-order valence-electron chi connectivity index (χ3n) is 3.43. The van der Waals surface area contributed by atoms with Crippen LogP contribution in [0.25, 0.3) is 0 Å². The van der Waals surface area contributed by atoms with Crippen molar-refractivity contribution in [2.75, 3.05) is 25.2 Å². The van der Waals surface area contributed by atoms with Gasteiger partial charge in [0.05, 0.1) is 30.6 Å². The molecule has 0 radical (unpaired) electrons. The van der Waals surface area contributed by atoms with Gasteiger partial charge in [0.15, 0.2) is 0 Å². The Morgan fingerprint density at radius 3 is 2.88 bits per heavy atom. The van der Waals surface area contributed by atoms with Crippen LogP contribution in [-0.2, 0) is 4.74 Å². The van der Waals surface area contributed by atoms with Crippen molar-refractivity contribution in [3.63, 3.8) is 0 Å².